The van der Waals surface area contributed by atoms with E-state index in [0.29, 0.717) is 11.0 Å². The molecule has 0 amide bonds. The molecule has 104 valence electrons. The van der Waals surface area contributed by atoms with Crippen molar-refractivity contribution >= 4 is 34.7 Å². The third-order valence-electron chi connectivity index (χ3n) is 3.61. The molecule has 3 nitrogen and oxygen atoms in total. The Kier molecular flexibility index (Phi) is 3.81. The number of halogens is 2. The van der Waals surface area contributed by atoms with Gasteiger partial charge < -0.3 is 4.90 Å². The molecule has 0 atom stereocenters. The molecular formula is C15H15Cl2N3. The van der Waals surface area contributed by atoms with Gasteiger partial charge in [0.1, 0.15) is 17.3 Å². The standard InChI is InChI=1S/C15H15Cl2N3/c1-10-4-5-13-11(7-10)3-2-6-20(13)15-12(8-16)14(17)18-9-19-15/h4-5,7,9H,2-3,6,8H2,1H3. The van der Waals surface area contributed by atoms with Crippen molar-refractivity contribution in [2.45, 2.75) is 25.6 Å². The number of fused-ring (bicyclic) bond motifs is 1. The van der Waals surface area contributed by atoms with Crippen LogP contribution < -0.4 is 4.90 Å². The lowest BCUT2D eigenvalue weighted by Gasteiger charge is -2.31. The second-order valence-corrected chi connectivity index (χ2v) is 5.61. The minimum atomic E-state index is 0.312. The van der Waals surface area contributed by atoms with Gasteiger partial charge in [0.25, 0.3) is 0 Å². The Morgan fingerprint density at radius 3 is 2.95 bits per heavy atom. The summed E-state index contributed by atoms with van der Waals surface area (Å²) in [5, 5.41) is 0.434. The normalized spacial score (nSPS) is 14.2. The summed E-state index contributed by atoms with van der Waals surface area (Å²) in [5.41, 5.74) is 4.63. The molecule has 0 radical (unpaired) electrons. The lowest BCUT2D eigenvalue weighted by atomic mass is 9.99. The molecular weight excluding hydrogens is 293 g/mol. The van der Waals surface area contributed by atoms with E-state index in [4.69, 9.17) is 23.2 Å². The fourth-order valence-corrected chi connectivity index (χ4v) is 3.19. The molecule has 0 unspecified atom stereocenters. The minimum Gasteiger partial charge on any atom is -0.326 e. The lowest BCUT2D eigenvalue weighted by molar-refractivity contribution is 0.755. The maximum atomic E-state index is 6.14. The van der Waals surface area contributed by atoms with Crippen LogP contribution in [-0.2, 0) is 12.3 Å². The van der Waals surface area contributed by atoms with Gasteiger partial charge in [-0.3, -0.25) is 0 Å². The van der Waals surface area contributed by atoms with Crippen LogP contribution in [0.4, 0.5) is 11.5 Å². The number of rotatable bonds is 2. The van der Waals surface area contributed by atoms with Crippen molar-refractivity contribution in [1.82, 2.24) is 9.97 Å². The van der Waals surface area contributed by atoms with E-state index in [0.717, 1.165) is 30.8 Å². The fraction of sp³-hybridized carbons (Fsp3) is 0.333. The number of benzene rings is 1. The summed E-state index contributed by atoms with van der Waals surface area (Å²) >= 11 is 12.2. The van der Waals surface area contributed by atoms with Crippen molar-refractivity contribution in [1.29, 1.82) is 0 Å². The second-order valence-electron chi connectivity index (χ2n) is 4.99. The number of anilines is 2. The summed E-state index contributed by atoms with van der Waals surface area (Å²) in [5.74, 6) is 1.14. The van der Waals surface area contributed by atoms with Gasteiger partial charge in [0.15, 0.2) is 0 Å². The van der Waals surface area contributed by atoms with E-state index in [1.807, 2.05) is 0 Å². The fourth-order valence-electron chi connectivity index (χ4n) is 2.68. The van der Waals surface area contributed by atoms with Gasteiger partial charge in [-0.1, -0.05) is 29.3 Å². The summed E-state index contributed by atoms with van der Waals surface area (Å²) in [7, 11) is 0. The van der Waals surface area contributed by atoms with Crippen molar-refractivity contribution in [3.05, 3.63) is 46.4 Å². The molecule has 5 heteroatoms. The Balaban J connectivity index is 2.11. The van der Waals surface area contributed by atoms with Crippen molar-refractivity contribution in [2.24, 2.45) is 0 Å². The van der Waals surface area contributed by atoms with Crippen LogP contribution >= 0.6 is 23.2 Å². The van der Waals surface area contributed by atoms with E-state index in [1.54, 1.807) is 0 Å². The molecule has 3 rings (SSSR count). The molecule has 1 aliphatic rings. The average molecular weight is 308 g/mol. The predicted octanol–water partition coefficient (Wildman–Crippen LogP) is 4.26. The molecule has 2 aromatic rings. The van der Waals surface area contributed by atoms with E-state index in [9.17, 15) is 0 Å². The maximum absolute atomic E-state index is 6.14. The van der Waals surface area contributed by atoms with E-state index < -0.39 is 0 Å². The van der Waals surface area contributed by atoms with Crippen LogP contribution in [0.1, 0.15) is 23.1 Å². The average Bonchev–Trinajstić information content (AvgIpc) is 2.46. The highest BCUT2D eigenvalue weighted by Gasteiger charge is 2.22. The molecule has 2 heterocycles. The zero-order valence-corrected chi connectivity index (χ0v) is 12.7. The first-order valence-corrected chi connectivity index (χ1v) is 7.54. The van der Waals surface area contributed by atoms with Crippen LogP contribution in [0.15, 0.2) is 24.5 Å². The van der Waals surface area contributed by atoms with Gasteiger partial charge in [-0.05, 0) is 31.4 Å². The van der Waals surface area contributed by atoms with E-state index in [-0.39, 0.29) is 0 Å². The van der Waals surface area contributed by atoms with Crippen molar-refractivity contribution in [3.8, 4) is 0 Å². The Labute approximate surface area is 128 Å². The molecule has 0 bridgehead atoms. The SMILES string of the molecule is Cc1ccc2c(c1)CCCN2c1ncnc(Cl)c1CCl. The Morgan fingerprint density at radius 1 is 1.30 bits per heavy atom. The molecule has 0 N–H and O–H groups in total. The topological polar surface area (TPSA) is 29.0 Å². The van der Waals surface area contributed by atoms with Crippen LogP contribution in [0.2, 0.25) is 5.15 Å². The number of aromatic nitrogens is 2. The number of hydrogen-bond acceptors (Lipinski definition) is 3. The largest absolute Gasteiger partial charge is 0.326 e. The molecule has 1 aromatic carbocycles. The van der Waals surface area contributed by atoms with Gasteiger partial charge in [0.05, 0.1) is 5.88 Å². The Morgan fingerprint density at radius 2 is 2.15 bits per heavy atom. The predicted molar refractivity (Wildman–Crippen MR) is 83.1 cm³/mol. The summed E-state index contributed by atoms with van der Waals surface area (Å²) < 4.78 is 0. The Bertz CT molecular complexity index is 643. The number of aryl methyl sites for hydroxylation is 2. The highest BCUT2D eigenvalue weighted by molar-refractivity contribution is 6.31. The molecule has 0 saturated heterocycles. The van der Waals surface area contributed by atoms with Gasteiger partial charge in [0.2, 0.25) is 0 Å². The van der Waals surface area contributed by atoms with Gasteiger partial charge in [-0.2, -0.15) is 0 Å². The lowest BCUT2D eigenvalue weighted by Crippen LogP contribution is -2.26. The number of nitrogens with zero attached hydrogens (tertiary/aromatic N) is 3. The van der Waals surface area contributed by atoms with Crippen molar-refractivity contribution in [2.75, 3.05) is 11.4 Å². The third-order valence-corrected chi connectivity index (χ3v) is 4.21. The van der Waals surface area contributed by atoms with E-state index in [1.165, 1.54) is 23.1 Å². The molecule has 20 heavy (non-hydrogen) atoms. The molecule has 1 aromatic heterocycles. The monoisotopic (exact) mass is 307 g/mol. The van der Waals surface area contributed by atoms with E-state index in [2.05, 4.69) is 40.0 Å². The first kappa shape index (κ1) is 13.7. The number of alkyl halides is 1. The molecule has 0 spiro atoms. The second kappa shape index (κ2) is 5.58. The van der Waals surface area contributed by atoms with Gasteiger partial charge in [0, 0.05) is 17.8 Å². The van der Waals surface area contributed by atoms with Crippen molar-refractivity contribution in [3.63, 3.8) is 0 Å². The molecule has 1 aliphatic heterocycles. The van der Waals surface area contributed by atoms with Crippen LogP contribution in [0, 0.1) is 6.92 Å². The van der Waals surface area contributed by atoms with Crippen LogP contribution in [0.3, 0.4) is 0 Å². The zero-order valence-electron chi connectivity index (χ0n) is 11.2. The summed E-state index contributed by atoms with van der Waals surface area (Å²) in [6.45, 7) is 3.04. The molecule has 0 fully saturated rings. The van der Waals surface area contributed by atoms with Crippen LogP contribution in [-0.4, -0.2) is 16.5 Å². The summed E-state index contributed by atoms with van der Waals surface area (Å²) in [4.78, 5) is 10.6. The third kappa shape index (κ3) is 2.36. The maximum Gasteiger partial charge on any atom is 0.142 e. The number of hydrogen-bond donors (Lipinski definition) is 0. The minimum absolute atomic E-state index is 0.312. The highest BCUT2D eigenvalue weighted by Crippen LogP contribution is 2.36. The smallest absolute Gasteiger partial charge is 0.142 e. The van der Waals surface area contributed by atoms with Crippen LogP contribution in [0.5, 0.6) is 0 Å². The highest BCUT2D eigenvalue weighted by atomic mass is 35.5. The molecule has 0 saturated carbocycles. The van der Waals surface area contributed by atoms with Gasteiger partial charge >= 0.3 is 0 Å². The summed E-state index contributed by atoms with van der Waals surface area (Å²) in [6.07, 6.45) is 3.69. The van der Waals surface area contributed by atoms with Crippen molar-refractivity contribution < 1.29 is 0 Å². The quantitative estimate of drug-likeness (QED) is 0.613. The summed E-state index contributed by atoms with van der Waals surface area (Å²) in [6, 6.07) is 6.52. The van der Waals surface area contributed by atoms with Crippen LogP contribution in [0.25, 0.3) is 0 Å². The first-order valence-electron chi connectivity index (χ1n) is 6.63. The zero-order chi connectivity index (χ0) is 14.1. The first-order chi connectivity index (χ1) is 9.70. The Hall–Kier alpha value is -1.32. The molecule has 0 aliphatic carbocycles. The van der Waals surface area contributed by atoms with E-state index >= 15 is 0 Å². The van der Waals surface area contributed by atoms with Gasteiger partial charge in [-0.15, -0.1) is 11.6 Å². The van der Waals surface area contributed by atoms with Gasteiger partial charge in [-0.25, -0.2) is 9.97 Å².